The van der Waals surface area contributed by atoms with Gasteiger partial charge in [0.25, 0.3) is 5.56 Å². The van der Waals surface area contributed by atoms with Crippen molar-refractivity contribution in [1.82, 2.24) is 9.55 Å². The summed E-state index contributed by atoms with van der Waals surface area (Å²) in [4.78, 5) is 31.9. The Bertz CT molecular complexity index is 819. The van der Waals surface area contributed by atoms with Gasteiger partial charge in [-0.15, -0.1) is 11.3 Å². The number of carbonyl (C=O) groups excluding carboxylic acids is 1. The Morgan fingerprint density at radius 1 is 1.48 bits per heavy atom. The Labute approximate surface area is 139 Å². The van der Waals surface area contributed by atoms with Crippen molar-refractivity contribution in [3.63, 3.8) is 0 Å². The van der Waals surface area contributed by atoms with Gasteiger partial charge in [0.2, 0.25) is 0 Å². The molecule has 1 unspecified atom stereocenters. The van der Waals surface area contributed by atoms with Crippen LogP contribution in [0, 0.1) is 6.92 Å². The molecule has 2 aromatic heterocycles. The van der Waals surface area contributed by atoms with Gasteiger partial charge in [-0.05, 0) is 52.5 Å². The van der Waals surface area contributed by atoms with Crippen LogP contribution in [-0.2, 0) is 16.0 Å². The van der Waals surface area contributed by atoms with Crippen LogP contribution in [0.25, 0.3) is 10.2 Å². The summed E-state index contributed by atoms with van der Waals surface area (Å²) in [6, 6.07) is 0.0413. The molecule has 0 bridgehead atoms. The molecule has 23 heavy (non-hydrogen) atoms. The van der Waals surface area contributed by atoms with E-state index in [1.165, 1.54) is 0 Å². The summed E-state index contributed by atoms with van der Waals surface area (Å²) in [5.41, 5.74) is 0.845. The minimum Gasteiger partial charge on any atom is -0.466 e. The minimum atomic E-state index is -0.328. The third-order valence-corrected chi connectivity index (χ3v) is 5.54. The number of aryl methyl sites for hydroxylation is 2. The minimum absolute atomic E-state index is 0.0313. The highest BCUT2D eigenvalue weighted by atomic mass is 32.1. The zero-order chi connectivity index (χ0) is 16.7. The van der Waals surface area contributed by atoms with Crippen LogP contribution >= 0.6 is 11.3 Å². The molecule has 0 saturated heterocycles. The molecule has 0 N–H and O–H groups in total. The van der Waals surface area contributed by atoms with Gasteiger partial charge in [-0.2, -0.15) is 0 Å². The standard InChI is InChI=1S/C17H22N2O3S/c1-5-22-17(21)11-7-6-8-12-13(11)14-15(23-12)18-10(4)19(9(2)3)16(14)20/h9,11H,5-8H2,1-4H3. The monoisotopic (exact) mass is 334 g/mol. The van der Waals surface area contributed by atoms with Crippen molar-refractivity contribution in [2.75, 3.05) is 6.61 Å². The summed E-state index contributed by atoms with van der Waals surface area (Å²) < 4.78 is 6.95. The molecular weight excluding hydrogens is 312 g/mol. The van der Waals surface area contributed by atoms with E-state index in [0.29, 0.717) is 12.0 Å². The summed E-state index contributed by atoms with van der Waals surface area (Å²) in [7, 11) is 0. The van der Waals surface area contributed by atoms with Gasteiger partial charge in [-0.1, -0.05) is 0 Å². The van der Waals surface area contributed by atoms with E-state index >= 15 is 0 Å². The summed E-state index contributed by atoms with van der Waals surface area (Å²) in [6.07, 6.45) is 2.60. The first kappa shape index (κ1) is 16.2. The Balaban J connectivity index is 2.28. The van der Waals surface area contributed by atoms with Crippen LogP contribution in [0.3, 0.4) is 0 Å². The number of carbonyl (C=O) groups is 1. The normalized spacial score (nSPS) is 17.5. The van der Waals surface area contributed by atoms with E-state index in [9.17, 15) is 9.59 Å². The molecular formula is C17H22N2O3S. The summed E-state index contributed by atoms with van der Waals surface area (Å²) >= 11 is 1.56. The molecule has 5 nitrogen and oxygen atoms in total. The molecule has 2 heterocycles. The fraction of sp³-hybridized carbons (Fsp3) is 0.588. The lowest BCUT2D eigenvalue weighted by atomic mass is 9.86. The number of thiophene rings is 1. The highest BCUT2D eigenvalue weighted by Gasteiger charge is 2.33. The molecule has 1 aliphatic carbocycles. The fourth-order valence-corrected chi connectivity index (χ4v) is 4.79. The van der Waals surface area contributed by atoms with E-state index < -0.39 is 0 Å². The van der Waals surface area contributed by atoms with E-state index in [1.807, 2.05) is 27.7 Å². The zero-order valence-electron chi connectivity index (χ0n) is 14.0. The second-order valence-electron chi connectivity index (χ2n) is 6.24. The number of rotatable bonds is 3. The SMILES string of the molecule is CCOC(=O)C1CCCc2sc3nc(C)n(C(C)C)c(=O)c3c21. The molecule has 0 saturated carbocycles. The van der Waals surface area contributed by atoms with E-state index in [-0.39, 0.29) is 23.5 Å². The van der Waals surface area contributed by atoms with Gasteiger partial charge in [0, 0.05) is 10.9 Å². The van der Waals surface area contributed by atoms with E-state index in [4.69, 9.17) is 4.74 Å². The highest BCUT2D eigenvalue weighted by molar-refractivity contribution is 7.18. The van der Waals surface area contributed by atoms with Gasteiger partial charge in [-0.3, -0.25) is 14.2 Å². The van der Waals surface area contributed by atoms with Gasteiger partial charge < -0.3 is 4.74 Å². The predicted octanol–water partition coefficient (Wildman–Crippen LogP) is 3.33. The second-order valence-corrected chi connectivity index (χ2v) is 7.33. The lowest BCUT2D eigenvalue weighted by Gasteiger charge is -2.21. The van der Waals surface area contributed by atoms with Crippen LogP contribution in [0.15, 0.2) is 4.79 Å². The Morgan fingerprint density at radius 2 is 2.22 bits per heavy atom. The summed E-state index contributed by atoms with van der Waals surface area (Å²) in [5.74, 6) is 0.179. The molecule has 0 amide bonds. The maximum Gasteiger partial charge on any atom is 0.313 e. The third-order valence-electron chi connectivity index (χ3n) is 4.38. The first-order chi connectivity index (χ1) is 11.0. The topological polar surface area (TPSA) is 61.2 Å². The Kier molecular flexibility index (Phi) is 4.27. The first-order valence-electron chi connectivity index (χ1n) is 8.16. The molecule has 0 aromatic carbocycles. The van der Waals surface area contributed by atoms with E-state index in [1.54, 1.807) is 15.9 Å². The van der Waals surface area contributed by atoms with Gasteiger partial charge in [0.15, 0.2) is 0 Å². The maximum atomic E-state index is 13.0. The Morgan fingerprint density at radius 3 is 2.87 bits per heavy atom. The average Bonchev–Trinajstić information content (AvgIpc) is 2.84. The third kappa shape index (κ3) is 2.59. The van der Waals surface area contributed by atoms with Crippen LogP contribution in [0.5, 0.6) is 0 Å². The van der Waals surface area contributed by atoms with Crippen molar-refractivity contribution >= 4 is 27.5 Å². The molecule has 0 aliphatic heterocycles. The summed E-state index contributed by atoms with van der Waals surface area (Å²) in [6.45, 7) is 7.99. The molecule has 1 atom stereocenters. The molecule has 2 aromatic rings. The van der Waals surface area contributed by atoms with Crippen LogP contribution in [0.4, 0.5) is 0 Å². The van der Waals surface area contributed by atoms with Gasteiger partial charge in [0.05, 0.1) is 17.9 Å². The molecule has 124 valence electrons. The van der Waals surface area contributed by atoms with Crippen molar-refractivity contribution in [2.24, 2.45) is 0 Å². The lowest BCUT2D eigenvalue weighted by molar-refractivity contribution is -0.145. The number of hydrogen-bond acceptors (Lipinski definition) is 5. The molecule has 0 spiro atoms. The largest absolute Gasteiger partial charge is 0.466 e. The number of ether oxygens (including phenoxy) is 1. The molecule has 3 rings (SSSR count). The average molecular weight is 334 g/mol. The first-order valence-corrected chi connectivity index (χ1v) is 8.98. The van der Waals surface area contributed by atoms with Gasteiger partial charge in [0.1, 0.15) is 10.7 Å². The maximum absolute atomic E-state index is 13.0. The summed E-state index contributed by atoms with van der Waals surface area (Å²) in [5, 5.41) is 0.627. The molecule has 0 fully saturated rings. The van der Waals surface area contributed by atoms with Crippen LogP contribution in [-0.4, -0.2) is 22.1 Å². The van der Waals surface area contributed by atoms with Crippen LogP contribution < -0.4 is 5.56 Å². The van der Waals surface area contributed by atoms with Crippen molar-refractivity contribution < 1.29 is 9.53 Å². The van der Waals surface area contributed by atoms with Crippen molar-refractivity contribution in [3.8, 4) is 0 Å². The van der Waals surface area contributed by atoms with Gasteiger partial charge in [-0.25, -0.2) is 4.98 Å². The number of hydrogen-bond donors (Lipinski definition) is 0. The van der Waals surface area contributed by atoms with Crippen molar-refractivity contribution in [1.29, 1.82) is 0 Å². The van der Waals surface area contributed by atoms with E-state index in [2.05, 4.69) is 4.98 Å². The van der Waals surface area contributed by atoms with Crippen molar-refractivity contribution in [3.05, 3.63) is 26.6 Å². The van der Waals surface area contributed by atoms with E-state index in [0.717, 1.165) is 40.4 Å². The highest BCUT2D eigenvalue weighted by Crippen LogP contribution is 2.41. The number of fused-ring (bicyclic) bond motifs is 3. The number of esters is 1. The van der Waals surface area contributed by atoms with Crippen LogP contribution in [0.1, 0.15) is 61.8 Å². The smallest absolute Gasteiger partial charge is 0.313 e. The molecule has 0 radical (unpaired) electrons. The lowest BCUT2D eigenvalue weighted by Crippen LogP contribution is -2.27. The quantitative estimate of drug-likeness (QED) is 0.808. The van der Waals surface area contributed by atoms with Gasteiger partial charge >= 0.3 is 5.97 Å². The zero-order valence-corrected chi connectivity index (χ0v) is 14.8. The predicted molar refractivity (Wildman–Crippen MR) is 91.3 cm³/mol. The molecule has 1 aliphatic rings. The Hall–Kier alpha value is -1.69. The number of aromatic nitrogens is 2. The van der Waals surface area contributed by atoms with Crippen LogP contribution in [0.2, 0.25) is 0 Å². The number of nitrogens with zero attached hydrogens (tertiary/aromatic N) is 2. The fourth-order valence-electron chi connectivity index (χ4n) is 3.48. The molecule has 6 heteroatoms. The second kappa shape index (κ2) is 6.07. The van der Waals surface area contributed by atoms with Crippen molar-refractivity contribution in [2.45, 2.75) is 58.9 Å².